The third-order valence-corrected chi connectivity index (χ3v) is 6.29. The fourth-order valence-corrected chi connectivity index (χ4v) is 4.81. The van der Waals surface area contributed by atoms with Crippen LogP contribution in [-0.4, -0.2) is 25.9 Å². The number of rotatable bonds is 4. The number of allylic oxidation sites excluding steroid dienone is 2. The van der Waals surface area contributed by atoms with E-state index in [0.29, 0.717) is 34.9 Å². The van der Waals surface area contributed by atoms with Crippen molar-refractivity contribution in [1.82, 2.24) is 0 Å². The van der Waals surface area contributed by atoms with E-state index in [1.165, 1.54) is 0 Å². The van der Waals surface area contributed by atoms with Gasteiger partial charge >= 0.3 is 0 Å². The van der Waals surface area contributed by atoms with Crippen molar-refractivity contribution in [2.75, 3.05) is 19.1 Å². The number of amides is 1. The molecular formula is C25H26ClNO4. The van der Waals surface area contributed by atoms with Gasteiger partial charge in [-0.05, 0) is 54.3 Å². The summed E-state index contributed by atoms with van der Waals surface area (Å²) >= 11 is 6.06. The Morgan fingerprint density at radius 1 is 1.00 bits per heavy atom. The van der Waals surface area contributed by atoms with Crippen LogP contribution in [0.4, 0.5) is 5.69 Å². The first-order valence-corrected chi connectivity index (χ1v) is 10.7. The summed E-state index contributed by atoms with van der Waals surface area (Å²) in [6, 6.07) is 12.7. The van der Waals surface area contributed by atoms with Crippen molar-refractivity contribution in [2.45, 2.75) is 39.0 Å². The second-order valence-corrected chi connectivity index (χ2v) is 9.31. The van der Waals surface area contributed by atoms with Gasteiger partial charge in [0, 0.05) is 46.3 Å². The predicted molar refractivity (Wildman–Crippen MR) is 121 cm³/mol. The SMILES string of the molecule is COc1ccc(OC)c([C@H]2CC(=O)N(c3ccc(Cl)cc3)C3=C2C(=O)CC(C)(C)C3)c1. The van der Waals surface area contributed by atoms with Crippen LogP contribution < -0.4 is 14.4 Å². The van der Waals surface area contributed by atoms with Crippen LogP contribution in [0.5, 0.6) is 11.5 Å². The summed E-state index contributed by atoms with van der Waals surface area (Å²) in [6.45, 7) is 4.13. The van der Waals surface area contributed by atoms with E-state index in [1.807, 2.05) is 30.3 Å². The molecule has 2 aromatic rings. The van der Waals surface area contributed by atoms with E-state index < -0.39 is 0 Å². The third kappa shape index (κ3) is 3.94. The molecule has 0 radical (unpaired) electrons. The number of benzene rings is 2. The number of nitrogens with zero attached hydrogens (tertiary/aromatic N) is 1. The summed E-state index contributed by atoms with van der Waals surface area (Å²) in [5, 5.41) is 0.599. The van der Waals surface area contributed by atoms with Crippen LogP contribution in [0.15, 0.2) is 53.7 Å². The van der Waals surface area contributed by atoms with Crippen LogP contribution in [-0.2, 0) is 9.59 Å². The van der Waals surface area contributed by atoms with Gasteiger partial charge in [-0.1, -0.05) is 25.4 Å². The van der Waals surface area contributed by atoms with E-state index in [0.717, 1.165) is 16.9 Å². The van der Waals surface area contributed by atoms with E-state index >= 15 is 0 Å². The average molecular weight is 440 g/mol. The molecule has 0 saturated heterocycles. The molecule has 0 saturated carbocycles. The molecule has 0 spiro atoms. The molecule has 1 heterocycles. The Labute approximate surface area is 187 Å². The van der Waals surface area contributed by atoms with E-state index in [9.17, 15) is 9.59 Å². The van der Waals surface area contributed by atoms with Gasteiger partial charge in [-0.25, -0.2) is 0 Å². The molecule has 0 fully saturated rings. The zero-order valence-corrected chi connectivity index (χ0v) is 19.0. The number of halogens is 1. The number of carbonyl (C=O) groups is 2. The van der Waals surface area contributed by atoms with E-state index in [4.69, 9.17) is 21.1 Å². The third-order valence-electron chi connectivity index (χ3n) is 6.04. The van der Waals surface area contributed by atoms with Crippen LogP contribution in [0.1, 0.15) is 44.6 Å². The zero-order valence-electron chi connectivity index (χ0n) is 18.2. The molecule has 1 aliphatic heterocycles. The van der Waals surface area contributed by atoms with Crippen LogP contribution in [0.3, 0.4) is 0 Å². The minimum absolute atomic E-state index is 0.0542. The maximum atomic E-state index is 13.5. The second kappa shape index (κ2) is 8.04. The molecular weight excluding hydrogens is 414 g/mol. The lowest BCUT2D eigenvalue weighted by Gasteiger charge is -2.43. The predicted octanol–water partition coefficient (Wildman–Crippen LogP) is 5.52. The number of hydrogen-bond acceptors (Lipinski definition) is 4. The summed E-state index contributed by atoms with van der Waals surface area (Å²) in [4.78, 5) is 28.6. The van der Waals surface area contributed by atoms with Gasteiger partial charge in [0.05, 0.1) is 14.2 Å². The number of hydrogen-bond donors (Lipinski definition) is 0. The Hall–Kier alpha value is -2.79. The smallest absolute Gasteiger partial charge is 0.232 e. The molecule has 6 heteroatoms. The highest BCUT2D eigenvalue weighted by Gasteiger charge is 2.45. The molecule has 1 atom stereocenters. The summed E-state index contributed by atoms with van der Waals surface area (Å²) in [7, 11) is 3.19. The van der Waals surface area contributed by atoms with Gasteiger partial charge in [-0.2, -0.15) is 0 Å². The highest BCUT2D eigenvalue weighted by atomic mass is 35.5. The first-order chi connectivity index (χ1) is 14.7. The Bertz CT molecular complexity index is 1070. The Kier molecular flexibility index (Phi) is 5.56. The van der Waals surface area contributed by atoms with E-state index in [-0.39, 0.29) is 29.4 Å². The average Bonchev–Trinajstić information content (AvgIpc) is 2.72. The van der Waals surface area contributed by atoms with E-state index in [1.54, 1.807) is 31.3 Å². The number of ether oxygens (including phenoxy) is 2. The topological polar surface area (TPSA) is 55.8 Å². The minimum Gasteiger partial charge on any atom is -0.497 e. The number of carbonyl (C=O) groups excluding carboxylic acids is 2. The largest absolute Gasteiger partial charge is 0.497 e. The van der Waals surface area contributed by atoms with E-state index in [2.05, 4.69) is 13.8 Å². The van der Waals surface area contributed by atoms with Gasteiger partial charge < -0.3 is 9.47 Å². The quantitative estimate of drug-likeness (QED) is 0.629. The van der Waals surface area contributed by atoms with Crippen molar-refractivity contribution in [1.29, 1.82) is 0 Å². The van der Waals surface area contributed by atoms with Crippen molar-refractivity contribution < 1.29 is 19.1 Å². The fourth-order valence-electron chi connectivity index (χ4n) is 4.68. The normalized spacial score (nSPS) is 20.5. The van der Waals surface area contributed by atoms with Gasteiger partial charge in [0.1, 0.15) is 11.5 Å². The molecule has 0 bridgehead atoms. The second-order valence-electron chi connectivity index (χ2n) is 8.87. The molecule has 0 aromatic heterocycles. The molecule has 1 amide bonds. The zero-order chi connectivity index (χ0) is 22.3. The van der Waals surface area contributed by atoms with Crippen molar-refractivity contribution in [3.8, 4) is 11.5 Å². The van der Waals surface area contributed by atoms with Gasteiger partial charge in [0.25, 0.3) is 0 Å². The number of anilines is 1. The molecule has 4 rings (SSSR count). The van der Waals surface area contributed by atoms with Gasteiger partial charge in [-0.3, -0.25) is 14.5 Å². The summed E-state index contributed by atoms with van der Waals surface area (Å²) in [6.07, 6.45) is 1.25. The Balaban J connectivity index is 1.92. The maximum absolute atomic E-state index is 13.5. The first kappa shape index (κ1) is 21.4. The van der Waals surface area contributed by atoms with Crippen LogP contribution in [0.2, 0.25) is 5.02 Å². The summed E-state index contributed by atoms with van der Waals surface area (Å²) < 4.78 is 11.0. The molecule has 0 N–H and O–H groups in total. The minimum atomic E-state index is -0.375. The first-order valence-electron chi connectivity index (χ1n) is 10.3. The number of methoxy groups -OCH3 is 2. The Morgan fingerprint density at radius 3 is 2.35 bits per heavy atom. The highest BCUT2D eigenvalue weighted by molar-refractivity contribution is 6.30. The molecule has 5 nitrogen and oxygen atoms in total. The monoisotopic (exact) mass is 439 g/mol. The molecule has 2 aromatic carbocycles. The van der Waals surface area contributed by atoms with Crippen LogP contribution >= 0.6 is 11.6 Å². The molecule has 31 heavy (non-hydrogen) atoms. The van der Waals surface area contributed by atoms with Gasteiger partial charge in [0.15, 0.2) is 5.78 Å². The van der Waals surface area contributed by atoms with Crippen molar-refractivity contribution in [3.05, 3.63) is 64.3 Å². The lowest BCUT2D eigenvalue weighted by Crippen LogP contribution is -2.43. The number of ketones is 1. The standard InChI is InChI=1S/C25H26ClNO4/c1-25(2)13-20-24(21(28)14-25)19(18-11-17(30-3)9-10-22(18)31-4)12-23(29)27(20)16-7-5-15(26)6-8-16/h5-11,19H,12-14H2,1-4H3/t19-/m1/s1. The lowest BCUT2D eigenvalue weighted by atomic mass is 9.69. The molecule has 0 unspecified atom stereocenters. The van der Waals surface area contributed by atoms with Crippen LogP contribution in [0, 0.1) is 5.41 Å². The summed E-state index contributed by atoms with van der Waals surface area (Å²) in [5.41, 5.74) is 2.76. The van der Waals surface area contributed by atoms with Gasteiger partial charge in [0.2, 0.25) is 5.91 Å². The fraction of sp³-hybridized carbons (Fsp3) is 0.360. The molecule has 1 aliphatic carbocycles. The highest BCUT2D eigenvalue weighted by Crippen LogP contribution is 2.50. The molecule has 162 valence electrons. The molecule has 2 aliphatic rings. The van der Waals surface area contributed by atoms with Crippen LogP contribution in [0.25, 0.3) is 0 Å². The maximum Gasteiger partial charge on any atom is 0.232 e. The van der Waals surface area contributed by atoms with Gasteiger partial charge in [-0.15, -0.1) is 0 Å². The number of Topliss-reactive ketones (excluding diaryl/α,β-unsaturated/α-hetero) is 1. The van der Waals surface area contributed by atoms with Crippen molar-refractivity contribution in [3.63, 3.8) is 0 Å². The van der Waals surface area contributed by atoms with Crippen molar-refractivity contribution in [2.24, 2.45) is 5.41 Å². The van der Waals surface area contributed by atoms with Crippen molar-refractivity contribution >= 4 is 29.0 Å². The lowest BCUT2D eigenvalue weighted by molar-refractivity contribution is -0.121. The summed E-state index contributed by atoms with van der Waals surface area (Å²) in [5.74, 6) is 0.950. The Morgan fingerprint density at radius 2 is 1.71 bits per heavy atom.